The summed E-state index contributed by atoms with van der Waals surface area (Å²) < 4.78 is 1.83. The number of carbonyl (C=O) groups is 1. The van der Waals surface area contributed by atoms with Gasteiger partial charge in [-0.2, -0.15) is 5.10 Å². The zero-order valence-corrected chi connectivity index (χ0v) is 13.7. The van der Waals surface area contributed by atoms with E-state index >= 15 is 0 Å². The Labute approximate surface area is 126 Å². The minimum Gasteiger partial charge on any atom is -0.310 e. The summed E-state index contributed by atoms with van der Waals surface area (Å²) in [4.78, 5) is 12.7. The second-order valence-electron chi connectivity index (χ2n) is 7.31. The van der Waals surface area contributed by atoms with E-state index in [1.165, 1.54) is 11.1 Å². The zero-order chi connectivity index (χ0) is 15.4. The molecule has 0 saturated heterocycles. The Morgan fingerprint density at radius 1 is 1.38 bits per heavy atom. The van der Waals surface area contributed by atoms with Crippen LogP contribution < -0.4 is 5.32 Å². The molecule has 2 aliphatic rings. The maximum Gasteiger partial charge on any atom is 0.229 e. The average molecular weight is 287 g/mol. The van der Waals surface area contributed by atoms with E-state index in [9.17, 15) is 4.79 Å². The van der Waals surface area contributed by atoms with Crippen LogP contribution in [-0.2, 0) is 24.7 Å². The molecule has 0 radical (unpaired) electrons. The average Bonchev–Trinajstić information content (AvgIpc) is 2.71. The minimum absolute atomic E-state index is 0.0586. The van der Waals surface area contributed by atoms with Gasteiger partial charge in [-0.15, -0.1) is 0 Å². The Bertz CT molecular complexity index is 620. The predicted octanol–water partition coefficient (Wildman–Crippen LogP) is 3.09. The Morgan fingerprint density at radius 3 is 2.76 bits per heavy atom. The van der Waals surface area contributed by atoms with Crippen LogP contribution in [-0.4, -0.2) is 15.7 Å². The van der Waals surface area contributed by atoms with Crippen LogP contribution in [0.15, 0.2) is 11.6 Å². The summed E-state index contributed by atoms with van der Waals surface area (Å²) in [6.07, 6.45) is 5.45. The smallest absolute Gasteiger partial charge is 0.229 e. The third-order valence-corrected chi connectivity index (χ3v) is 5.02. The molecule has 1 amide bonds. The second kappa shape index (κ2) is 4.72. The van der Waals surface area contributed by atoms with Crippen molar-refractivity contribution in [2.24, 2.45) is 24.3 Å². The number of fused-ring (bicyclic) bond motifs is 1. The van der Waals surface area contributed by atoms with Crippen molar-refractivity contribution in [1.82, 2.24) is 9.78 Å². The fourth-order valence-electron chi connectivity index (χ4n) is 3.72. The van der Waals surface area contributed by atoms with Gasteiger partial charge < -0.3 is 5.32 Å². The topological polar surface area (TPSA) is 46.9 Å². The lowest BCUT2D eigenvalue weighted by Crippen LogP contribution is -2.19. The summed E-state index contributed by atoms with van der Waals surface area (Å²) in [6, 6.07) is 0. The first-order chi connectivity index (χ1) is 9.82. The van der Waals surface area contributed by atoms with E-state index in [-0.39, 0.29) is 17.2 Å². The van der Waals surface area contributed by atoms with E-state index in [4.69, 9.17) is 0 Å². The molecule has 0 aromatic carbocycles. The summed E-state index contributed by atoms with van der Waals surface area (Å²) in [5, 5.41) is 7.66. The van der Waals surface area contributed by atoms with Crippen molar-refractivity contribution in [3.05, 3.63) is 22.9 Å². The van der Waals surface area contributed by atoms with E-state index in [1.54, 1.807) is 0 Å². The van der Waals surface area contributed by atoms with E-state index in [1.807, 2.05) is 11.7 Å². The number of nitrogens with zero attached hydrogens (tertiary/aromatic N) is 2. The van der Waals surface area contributed by atoms with Gasteiger partial charge in [-0.1, -0.05) is 25.5 Å². The predicted molar refractivity (Wildman–Crippen MR) is 84.1 cm³/mol. The number of amides is 1. The maximum atomic E-state index is 12.7. The minimum atomic E-state index is 0.0586. The number of hydrogen-bond donors (Lipinski definition) is 1. The monoisotopic (exact) mass is 287 g/mol. The molecule has 1 saturated carbocycles. The van der Waals surface area contributed by atoms with Gasteiger partial charge in [0.2, 0.25) is 5.91 Å². The van der Waals surface area contributed by atoms with Crippen LogP contribution in [0, 0.1) is 17.3 Å². The highest BCUT2D eigenvalue weighted by Crippen LogP contribution is 2.59. The van der Waals surface area contributed by atoms with Crippen molar-refractivity contribution in [1.29, 1.82) is 0 Å². The highest BCUT2D eigenvalue weighted by molar-refractivity contribution is 5.95. The van der Waals surface area contributed by atoms with E-state index in [2.05, 4.69) is 44.2 Å². The second-order valence-corrected chi connectivity index (χ2v) is 7.31. The van der Waals surface area contributed by atoms with Crippen molar-refractivity contribution in [2.45, 2.75) is 47.0 Å². The molecule has 2 aliphatic carbocycles. The molecule has 1 aromatic rings. The van der Waals surface area contributed by atoms with Crippen molar-refractivity contribution < 1.29 is 4.79 Å². The Balaban J connectivity index is 1.78. The quantitative estimate of drug-likeness (QED) is 0.868. The van der Waals surface area contributed by atoms with Crippen molar-refractivity contribution in [2.75, 3.05) is 5.32 Å². The molecule has 4 heteroatoms. The van der Waals surface area contributed by atoms with Gasteiger partial charge in [-0.25, -0.2) is 0 Å². The lowest BCUT2D eigenvalue weighted by molar-refractivity contribution is -0.118. The highest BCUT2D eigenvalue weighted by Gasteiger charge is 2.60. The first kappa shape index (κ1) is 14.4. The third kappa shape index (κ3) is 2.30. The summed E-state index contributed by atoms with van der Waals surface area (Å²) >= 11 is 0. The SMILES string of the molecule is CC(C)=C[C@H]1[C@H](C(=O)Nc2c3c(nn2C)CCC3)C1(C)C. The highest BCUT2D eigenvalue weighted by atomic mass is 16.2. The molecule has 0 bridgehead atoms. The molecule has 0 aliphatic heterocycles. The number of rotatable bonds is 3. The summed E-state index contributed by atoms with van der Waals surface area (Å²) in [6.45, 7) is 8.54. The molecule has 1 aromatic heterocycles. The Kier molecular flexibility index (Phi) is 3.23. The normalized spacial score (nSPS) is 25.4. The molecule has 1 N–H and O–H groups in total. The number of aromatic nitrogens is 2. The molecule has 1 heterocycles. The largest absolute Gasteiger partial charge is 0.310 e. The number of aryl methyl sites for hydroxylation is 2. The van der Waals surface area contributed by atoms with Gasteiger partial charge in [0.15, 0.2) is 0 Å². The lowest BCUT2D eigenvalue weighted by atomic mass is 10.1. The van der Waals surface area contributed by atoms with Gasteiger partial charge in [0.25, 0.3) is 0 Å². The van der Waals surface area contributed by atoms with Crippen LogP contribution in [0.1, 0.15) is 45.4 Å². The third-order valence-electron chi connectivity index (χ3n) is 5.02. The maximum absolute atomic E-state index is 12.7. The van der Waals surface area contributed by atoms with Crippen LogP contribution in [0.5, 0.6) is 0 Å². The van der Waals surface area contributed by atoms with E-state index in [0.29, 0.717) is 5.92 Å². The molecule has 0 spiro atoms. The molecule has 0 unspecified atom stereocenters. The molecule has 21 heavy (non-hydrogen) atoms. The molecule has 3 rings (SSSR count). The Hall–Kier alpha value is -1.58. The van der Waals surface area contributed by atoms with Crippen LogP contribution in [0.2, 0.25) is 0 Å². The lowest BCUT2D eigenvalue weighted by Gasteiger charge is -2.08. The van der Waals surface area contributed by atoms with Gasteiger partial charge in [0.05, 0.1) is 11.6 Å². The van der Waals surface area contributed by atoms with Crippen molar-refractivity contribution in [3.8, 4) is 0 Å². The van der Waals surface area contributed by atoms with Gasteiger partial charge in [-0.3, -0.25) is 9.48 Å². The fourth-order valence-corrected chi connectivity index (χ4v) is 3.72. The number of allylic oxidation sites excluding steroid dienone is 2. The first-order valence-corrected chi connectivity index (χ1v) is 7.83. The Morgan fingerprint density at radius 2 is 2.10 bits per heavy atom. The fraction of sp³-hybridized carbons (Fsp3) is 0.647. The van der Waals surface area contributed by atoms with Gasteiger partial charge in [0.1, 0.15) is 5.82 Å². The van der Waals surface area contributed by atoms with Crippen LogP contribution in [0.4, 0.5) is 5.82 Å². The molecule has 2 atom stereocenters. The standard InChI is InChI=1S/C17H25N3O/c1-10(2)9-12-14(17(12,3)4)16(21)18-15-11-7-6-8-13(11)19-20(15)5/h9,12,14H,6-8H2,1-5H3,(H,18,21)/t12-,14+/m0/s1. The molecule has 4 nitrogen and oxygen atoms in total. The first-order valence-electron chi connectivity index (χ1n) is 7.83. The van der Waals surface area contributed by atoms with Crippen LogP contribution in [0.3, 0.4) is 0 Å². The van der Waals surface area contributed by atoms with Crippen molar-refractivity contribution >= 4 is 11.7 Å². The molecule has 114 valence electrons. The van der Waals surface area contributed by atoms with E-state index in [0.717, 1.165) is 30.8 Å². The zero-order valence-electron chi connectivity index (χ0n) is 13.7. The summed E-state index contributed by atoms with van der Waals surface area (Å²) in [5.41, 5.74) is 3.74. The number of hydrogen-bond acceptors (Lipinski definition) is 2. The van der Waals surface area contributed by atoms with Gasteiger partial charge in [0, 0.05) is 12.6 Å². The summed E-state index contributed by atoms with van der Waals surface area (Å²) in [7, 11) is 1.92. The van der Waals surface area contributed by atoms with Gasteiger partial charge >= 0.3 is 0 Å². The molecular weight excluding hydrogens is 262 g/mol. The van der Waals surface area contributed by atoms with Crippen LogP contribution in [0.25, 0.3) is 0 Å². The summed E-state index contributed by atoms with van der Waals surface area (Å²) in [5.74, 6) is 1.47. The number of anilines is 1. The number of carbonyl (C=O) groups excluding carboxylic acids is 1. The number of nitrogens with one attached hydrogen (secondary N) is 1. The van der Waals surface area contributed by atoms with Gasteiger partial charge in [-0.05, 0) is 44.4 Å². The molecular formula is C17H25N3O. The molecule has 1 fully saturated rings. The van der Waals surface area contributed by atoms with Crippen LogP contribution >= 0.6 is 0 Å². The van der Waals surface area contributed by atoms with E-state index < -0.39 is 0 Å². The van der Waals surface area contributed by atoms with Crippen molar-refractivity contribution in [3.63, 3.8) is 0 Å².